The summed E-state index contributed by atoms with van der Waals surface area (Å²) in [5.41, 5.74) is -0.286. The van der Waals surface area contributed by atoms with Crippen molar-refractivity contribution >= 4 is 5.91 Å². The van der Waals surface area contributed by atoms with Crippen LogP contribution in [0.15, 0.2) is 23.1 Å². The first-order valence-corrected chi connectivity index (χ1v) is 7.71. The lowest BCUT2D eigenvalue weighted by Crippen LogP contribution is -2.34. The first kappa shape index (κ1) is 16.5. The molecule has 1 aromatic heterocycles. The molecule has 0 aliphatic carbocycles. The van der Waals surface area contributed by atoms with Gasteiger partial charge in [-0.25, -0.2) is 0 Å². The Bertz CT molecular complexity index is 549. The Hall–Kier alpha value is -1.82. The second-order valence-electron chi connectivity index (χ2n) is 5.60. The molecular weight excluding hydrogens is 284 g/mol. The van der Waals surface area contributed by atoms with Crippen molar-refractivity contribution in [1.82, 2.24) is 9.47 Å². The van der Waals surface area contributed by atoms with Crippen LogP contribution >= 0.6 is 0 Å². The van der Waals surface area contributed by atoms with Crippen LogP contribution in [0, 0.1) is 0 Å². The van der Waals surface area contributed by atoms with Gasteiger partial charge in [-0.2, -0.15) is 0 Å². The second-order valence-corrected chi connectivity index (χ2v) is 5.60. The van der Waals surface area contributed by atoms with E-state index in [1.165, 1.54) is 11.7 Å². The summed E-state index contributed by atoms with van der Waals surface area (Å²) in [6, 6.07) is 3.29. The van der Waals surface area contributed by atoms with Gasteiger partial charge in [-0.3, -0.25) is 9.59 Å². The Labute approximate surface area is 130 Å². The van der Waals surface area contributed by atoms with Gasteiger partial charge in [0.05, 0.1) is 13.2 Å². The number of carbonyl (C=O) groups is 1. The molecule has 0 bridgehead atoms. The van der Waals surface area contributed by atoms with Gasteiger partial charge in [0, 0.05) is 26.4 Å². The van der Waals surface area contributed by atoms with E-state index in [9.17, 15) is 9.59 Å². The Morgan fingerprint density at radius 3 is 3.05 bits per heavy atom. The lowest BCUT2D eigenvalue weighted by atomic mass is 10.1. The van der Waals surface area contributed by atoms with E-state index >= 15 is 0 Å². The average Bonchev–Trinajstić information content (AvgIpc) is 3.02. The van der Waals surface area contributed by atoms with E-state index < -0.39 is 0 Å². The summed E-state index contributed by atoms with van der Waals surface area (Å²) in [4.78, 5) is 25.8. The molecule has 0 radical (unpaired) electrons. The normalized spacial score (nSPS) is 17.5. The van der Waals surface area contributed by atoms with Crippen LogP contribution in [0.2, 0.25) is 0 Å². The lowest BCUT2D eigenvalue weighted by molar-refractivity contribution is -0.130. The zero-order valence-corrected chi connectivity index (χ0v) is 13.3. The van der Waals surface area contributed by atoms with Crippen molar-refractivity contribution in [3.63, 3.8) is 0 Å². The lowest BCUT2D eigenvalue weighted by Gasteiger charge is -2.19. The molecule has 1 atom stereocenters. The summed E-state index contributed by atoms with van der Waals surface area (Å²) >= 11 is 0. The third-order valence-electron chi connectivity index (χ3n) is 3.98. The largest absolute Gasteiger partial charge is 0.491 e. The maximum absolute atomic E-state index is 12.2. The molecule has 1 aliphatic rings. The number of hydrogen-bond acceptors (Lipinski definition) is 4. The fraction of sp³-hybridized carbons (Fsp3) is 0.625. The van der Waals surface area contributed by atoms with Gasteiger partial charge in [0.15, 0.2) is 5.75 Å². The summed E-state index contributed by atoms with van der Waals surface area (Å²) in [6.45, 7) is 1.57. The first-order chi connectivity index (χ1) is 10.6. The van der Waals surface area contributed by atoms with Gasteiger partial charge in [0.25, 0.3) is 5.56 Å². The number of rotatable bonds is 7. The minimum atomic E-state index is -0.286. The summed E-state index contributed by atoms with van der Waals surface area (Å²) in [5.74, 6) is 0.166. The van der Waals surface area contributed by atoms with Crippen LogP contribution in [0.3, 0.4) is 0 Å². The monoisotopic (exact) mass is 308 g/mol. The predicted octanol–water partition coefficient (Wildman–Crippen LogP) is 1.27. The van der Waals surface area contributed by atoms with Gasteiger partial charge >= 0.3 is 0 Å². The first-order valence-electron chi connectivity index (χ1n) is 7.71. The molecule has 0 aromatic carbocycles. The van der Waals surface area contributed by atoms with Crippen molar-refractivity contribution in [2.45, 2.75) is 38.3 Å². The number of nitrogens with zero attached hydrogens (tertiary/aromatic N) is 2. The number of ether oxygens (including phenoxy) is 2. The molecule has 0 saturated carbocycles. The minimum absolute atomic E-state index is 0.0342. The third-order valence-corrected chi connectivity index (χ3v) is 3.98. The van der Waals surface area contributed by atoms with Crippen LogP contribution in [0.1, 0.15) is 25.7 Å². The van der Waals surface area contributed by atoms with Crippen molar-refractivity contribution in [3.05, 3.63) is 28.7 Å². The van der Waals surface area contributed by atoms with Crippen LogP contribution in [0.5, 0.6) is 5.75 Å². The maximum Gasteiger partial charge on any atom is 0.293 e. The van der Waals surface area contributed by atoms with Crippen LogP contribution in [0.4, 0.5) is 0 Å². The number of methoxy groups -OCH3 is 1. The predicted molar refractivity (Wildman–Crippen MR) is 83.1 cm³/mol. The number of carbonyl (C=O) groups excluding carboxylic acids is 1. The van der Waals surface area contributed by atoms with Crippen LogP contribution in [0.25, 0.3) is 0 Å². The van der Waals surface area contributed by atoms with Crippen molar-refractivity contribution in [2.24, 2.45) is 0 Å². The molecule has 0 spiro atoms. The molecule has 2 rings (SSSR count). The van der Waals surface area contributed by atoms with E-state index in [4.69, 9.17) is 9.47 Å². The zero-order chi connectivity index (χ0) is 15.9. The second kappa shape index (κ2) is 7.98. The van der Waals surface area contributed by atoms with Gasteiger partial charge in [0.2, 0.25) is 5.91 Å². The highest BCUT2D eigenvalue weighted by Gasteiger charge is 2.16. The summed E-state index contributed by atoms with van der Waals surface area (Å²) < 4.78 is 11.9. The Balaban J connectivity index is 1.82. The van der Waals surface area contributed by atoms with Gasteiger partial charge in [-0.05, 0) is 37.8 Å². The van der Waals surface area contributed by atoms with Crippen molar-refractivity contribution in [1.29, 1.82) is 0 Å². The summed E-state index contributed by atoms with van der Waals surface area (Å²) in [6.07, 6.45) is 6.11. The molecule has 2 heterocycles. The maximum atomic E-state index is 12.2. The van der Waals surface area contributed by atoms with Gasteiger partial charge in [-0.15, -0.1) is 0 Å². The summed E-state index contributed by atoms with van der Waals surface area (Å²) in [7, 11) is 3.21. The van der Waals surface area contributed by atoms with E-state index in [1.807, 2.05) is 0 Å². The minimum Gasteiger partial charge on any atom is -0.491 e. The topological polar surface area (TPSA) is 60.8 Å². The zero-order valence-electron chi connectivity index (χ0n) is 13.3. The molecule has 1 aliphatic heterocycles. The van der Waals surface area contributed by atoms with E-state index in [0.29, 0.717) is 12.6 Å². The number of aromatic nitrogens is 1. The highest BCUT2D eigenvalue weighted by Crippen LogP contribution is 2.16. The molecule has 6 nitrogen and oxygen atoms in total. The van der Waals surface area contributed by atoms with Crippen LogP contribution in [-0.4, -0.2) is 48.8 Å². The SMILES string of the molecule is COc1cccn(CC(=O)N(C)CCC[C@H]2CCCO2)c1=O. The number of hydrogen-bond donors (Lipinski definition) is 0. The van der Waals surface area contributed by atoms with Crippen molar-refractivity contribution in [2.75, 3.05) is 27.3 Å². The van der Waals surface area contributed by atoms with Crippen LogP contribution in [-0.2, 0) is 16.1 Å². The Morgan fingerprint density at radius 1 is 1.55 bits per heavy atom. The molecule has 1 aromatic rings. The standard InChI is InChI=1S/C16H24N2O4/c1-17(9-3-6-13-7-5-11-22-13)15(19)12-18-10-4-8-14(21-2)16(18)20/h4,8,10,13H,3,5-7,9,11-12H2,1-2H3/t13-/m0/s1. The summed E-state index contributed by atoms with van der Waals surface area (Å²) in [5, 5.41) is 0. The average molecular weight is 308 g/mol. The molecule has 122 valence electrons. The van der Waals surface area contributed by atoms with E-state index in [-0.39, 0.29) is 23.8 Å². The van der Waals surface area contributed by atoms with Gasteiger partial charge in [0.1, 0.15) is 6.54 Å². The van der Waals surface area contributed by atoms with Crippen LogP contribution < -0.4 is 10.3 Å². The smallest absolute Gasteiger partial charge is 0.293 e. The molecule has 0 N–H and O–H groups in total. The van der Waals surface area contributed by atoms with E-state index in [1.54, 1.807) is 30.3 Å². The molecule has 6 heteroatoms. The van der Waals surface area contributed by atoms with Gasteiger partial charge < -0.3 is 18.9 Å². The van der Waals surface area contributed by atoms with E-state index in [0.717, 1.165) is 32.3 Å². The fourth-order valence-corrected chi connectivity index (χ4v) is 2.61. The molecular formula is C16H24N2O4. The van der Waals surface area contributed by atoms with Crippen molar-refractivity contribution in [3.8, 4) is 5.75 Å². The highest BCUT2D eigenvalue weighted by atomic mass is 16.5. The number of likely N-dealkylation sites (N-methyl/N-ethyl adjacent to an activating group) is 1. The van der Waals surface area contributed by atoms with Gasteiger partial charge in [-0.1, -0.05) is 0 Å². The van der Waals surface area contributed by atoms with E-state index in [2.05, 4.69) is 0 Å². The third kappa shape index (κ3) is 4.34. The highest BCUT2D eigenvalue weighted by molar-refractivity contribution is 5.75. The molecule has 1 saturated heterocycles. The van der Waals surface area contributed by atoms with Crippen molar-refractivity contribution < 1.29 is 14.3 Å². The number of amides is 1. The fourth-order valence-electron chi connectivity index (χ4n) is 2.61. The Morgan fingerprint density at radius 2 is 2.36 bits per heavy atom. The Kier molecular flexibility index (Phi) is 6.00. The number of pyridine rings is 1. The molecule has 1 fully saturated rings. The molecule has 1 amide bonds. The quantitative estimate of drug-likeness (QED) is 0.761. The molecule has 0 unspecified atom stereocenters. The molecule has 22 heavy (non-hydrogen) atoms.